The number of hydrogen-bond acceptors (Lipinski definition) is 10. The standard InChI is InChI=1S/2C25H20ClN3O3S/c1-16-7-9-17(10-8-16)23-21(15-27)22(28)24(25(30)18-5-3-2-4-6-18)29(23)33(31,32)20-13-11-19(26)12-14-20;1-16-7-9-17(10-8-16)22-21(15-27)25(28)29(23(22)24(30)18-5-3-2-4-6-18)33(31,32)20-13-11-19(26)12-14-20/h2-14,23-24H,28H2,1H3;2-14,22-23H,28H2,1H3. The van der Waals surface area contributed by atoms with Crippen LogP contribution in [0, 0.1) is 36.5 Å². The van der Waals surface area contributed by atoms with Crippen LogP contribution in [0.15, 0.2) is 190 Å². The molecule has 0 spiro atoms. The summed E-state index contributed by atoms with van der Waals surface area (Å²) in [5.41, 5.74) is 16.3. The predicted molar refractivity (Wildman–Crippen MR) is 252 cm³/mol. The van der Waals surface area contributed by atoms with E-state index in [2.05, 4.69) is 12.1 Å². The molecule has 8 rings (SSSR count). The molecule has 0 amide bonds. The molecular weight excluding hydrogens is 916 g/mol. The molecule has 0 fully saturated rings. The van der Waals surface area contributed by atoms with Gasteiger partial charge in [0.25, 0.3) is 10.0 Å². The molecule has 6 aromatic rings. The van der Waals surface area contributed by atoms with Crippen molar-refractivity contribution in [2.24, 2.45) is 11.5 Å². The highest BCUT2D eigenvalue weighted by atomic mass is 35.5. The van der Waals surface area contributed by atoms with Crippen LogP contribution in [0.25, 0.3) is 0 Å². The maximum absolute atomic E-state index is 13.9. The Bertz CT molecular complexity index is 3190. The molecule has 0 saturated carbocycles. The highest BCUT2D eigenvalue weighted by Gasteiger charge is 2.52. The summed E-state index contributed by atoms with van der Waals surface area (Å²) in [4.78, 5) is 27.1. The van der Waals surface area contributed by atoms with E-state index in [4.69, 9.17) is 34.7 Å². The zero-order valence-electron chi connectivity index (χ0n) is 35.3. The third-order valence-corrected chi connectivity index (χ3v) is 15.4. The Kier molecular flexibility index (Phi) is 13.7. The maximum atomic E-state index is 13.9. The number of aryl methyl sites for hydroxylation is 2. The number of hydrogen-bond donors (Lipinski definition) is 2. The number of rotatable bonds is 10. The number of carbonyl (C=O) groups is 2. The number of nitrogens with zero attached hydrogens (tertiary/aromatic N) is 4. The quantitative estimate of drug-likeness (QED) is 0.125. The number of Topliss-reactive ketones (excluding diaryl/α,β-unsaturated/α-hetero) is 2. The minimum atomic E-state index is -4.28. The average molecular weight is 956 g/mol. The average Bonchev–Trinajstić information content (AvgIpc) is 3.80. The molecule has 4 atom stereocenters. The molecule has 16 heteroatoms. The summed E-state index contributed by atoms with van der Waals surface area (Å²) in [7, 11) is -8.54. The van der Waals surface area contributed by atoms with E-state index < -0.39 is 55.7 Å². The van der Waals surface area contributed by atoms with Crippen molar-refractivity contribution in [1.29, 1.82) is 10.5 Å². The second-order valence-electron chi connectivity index (χ2n) is 15.4. The Morgan fingerprint density at radius 1 is 0.561 bits per heavy atom. The fourth-order valence-electron chi connectivity index (χ4n) is 7.93. The Morgan fingerprint density at radius 2 is 0.985 bits per heavy atom. The first-order chi connectivity index (χ1) is 31.5. The fraction of sp³-hybridized carbons (Fsp3) is 0.120. The highest BCUT2D eigenvalue weighted by Crippen LogP contribution is 2.45. The lowest BCUT2D eigenvalue weighted by Gasteiger charge is -2.30. The molecule has 0 bridgehead atoms. The molecule has 2 heterocycles. The molecule has 12 nitrogen and oxygen atoms in total. The maximum Gasteiger partial charge on any atom is 0.266 e. The van der Waals surface area contributed by atoms with Gasteiger partial charge in [-0.05, 0) is 73.5 Å². The van der Waals surface area contributed by atoms with E-state index in [9.17, 15) is 36.9 Å². The largest absolute Gasteiger partial charge is 0.399 e. The zero-order valence-corrected chi connectivity index (χ0v) is 38.4. The SMILES string of the molecule is Cc1ccc(C2C(C#N)=C(N)C(C(=O)c3ccccc3)N2S(=O)(=O)c2ccc(Cl)cc2)cc1.Cc1ccc(C2C(C#N)=C(N)N(S(=O)(=O)c3ccc(Cl)cc3)C2C(=O)c2ccccc2)cc1. The molecule has 2 aliphatic rings. The third-order valence-electron chi connectivity index (χ3n) is 11.2. The van der Waals surface area contributed by atoms with Crippen LogP contribution in [0.2, 0.25) is 10.0 Å². The monoisotopic (exact) mass is 954 g/mol. The van der Waals surface area contributed by atoms with Gasteiger partial charge >= 0.3 is 0 Å². The van der Waals surface area contributed by atoms with Crippen molar-refractivity contribution in [2.45, 2.75) is 47.7 Å². The molecule has 2 aliphatic heterocycles. The Hall–Kier alpha value is -7.04. The molecule has 0 saturated heterocycles. The van der Waals surface area contributed by atoms with Crippen LogP contribution >= 0.6 is 23.2 Å². The first-order valence-corrected chi connectivity index (χ1v) is 23.8. The van der Waals surface area contributed by atoms with Crippen molar-refractivity contribution in [3.8, 4) is 12.1 Å². The van der Waals surface area contributed by atoms with Gasteiger partial charge in [-0.2, -0.15) is 14.8 Å². The molecular formula is C50H40Cl2N6O6S2. The number of carbonyl (C=O) groups excluding carboxylic acids is 2. The third kappa shape index (κ3) is 8.98. The fourth-order valence-corrected chi connectivity index (χ4v) is 11.5. The van der Waals surface area contributed by atoms with Gasteiger partial charge in [0.15, 0.2) is 11.6 Å². The molecule has 0 aliphatic carbocycles. The van der Waals surface area contributed by atoms with Crippen LogP contribution < -0.4 is 11.5 Å². The topological polar surface area (TPSA) is 209 Å². The van der Waals surface area contributed by atoms with Gasteiger partial charge in [-0.25, -0.2) is 21.1 Å². The van der Waals surface area contributed by atoms with E-state index in [0.717, 1.165) is 19.7 Å². The molecule has 332 valence electrons. The molecule has 4 N–H and O–H groups in total. The van der Waals surface area contributed by atoms with Crippen LogP contribution in [0.3, 0.4) is 0 Å². The summed E-state index contributed by atoms with van der Waals surface area (Å²) < 4.78 is 57.1. The van der Waals surface area contributed by atoms with Gasteiger partial charge in [-0.15, -0.1) is 0 Å². The predicted octanol–water partition coefficient (Wildman–Crippen LogP) is 8.76. The van der Waals surface area contributed by atoms with Crippen LogP contribution in [-0.2, 0) is 20.0 Å². The Labute approximate surface area is 393 Å². The lowest BCUT2D eigenvalue weighted by atomic mass is 9.84. The number of ketones is 2. The number of nitriles is 2. The van der Waals surface area contributed by atoms with Gasteiger partial charge < -0.3 is 11.5 Å². The molecule has 0 aromatic heterocycles. The minimum Gasteiger partial charge on any atom is -0.399 e. The Morgan fingerprint density at radius 3 is 1.44 bits per heavy atom. The van der Waals surface area contributed by atoms with Gasteiger partial charge in [-0.3, -0.25) is 9.59 Å². The summed E-state index contributed by atoms with van der Waals surface area (Å²) >= 11 is 11.9. The number of halogens is 2. The van der Waals surface area contributed by atoms with Crippen LogP contribution in [-0.4, -0.2) is 49.1 Å². The first-order valence-electron chi connectivity index (χ1n) is 20.2. The second kappa shape index (κ2) is 19.2. The van der Waals surface area contributed by atoms with Gasteiger partial charge in [0.05, 0.1) is 50.7 Å². The highest BCUT2D eigenvalue weighted by molar-refractivity contribution is 7.89. The van der Waals surface area contributed by atoms with E-state index in [0.29, 0.717) is 32.3 Å². The summed E-state index contributed by atoms with van der Waals surface area (Å²) in [6.07, 6.45) is 0. The first kappa shape index (κ1) is 46.9. The molecule has 6 aromatic carbocycles. The van der Waals surface area contributed by atoms with Gasteiger partial charge in [-0.1, -0.05) is 144 Å². The smallest absolute Gasteiger partial charge is 0.266 e. The van der Waals surface area contributed by atoms with Crippen molar-refractivity contribution in [2.75, 3.05) is 0 Å². The van der Waals surface area contributed by atoms with Gasteiger partial charge in [0.1, 0.15) is 17.9 Å². The molecule has 0 radical (unpaired) electrons. The van der Waals surface area contributed by atoms with E-state index in [-0.39, 0.29) is 32.5 Å². The second-order valence-corrected chi connectivity index (χ2v) is 20.0. The summed E-state index contributed by atoms with van der Waals surface area (Å²) in [5.74, 6) is -2.07. The summed E-state index contributed by atoms with van der Waals surface area (Å²) in [5, 5.41) is 20.6. The summed E-state index contributed by atoms with van der Waals surface area (Å²) in [6.45, 7) is 3.82. The van der Waals surface area contributed by atoms with Crippen molar-refractivity contribution in [1.82, 2.24) is 8.61 Å². The number of nitrogens with two attached hydrogens (primary N) is 2. The lowest BCUT2D eigenvalue weighted by Crippen LogP contribution is -2.45. The van der Waals surface area contributed by atoms with Crippen LogP contribution in [0.1, 0.15) is 54.9 Å². The van der Waals surface area contributed by atoms with E-state index in [1.165, 1.54) is 48.5 Å². The van der Waals surface area contributed by atoms with Crippen molar-refractivity contribution in [3.63, 3.8) is 0 Å². The Balaban J connectivity index is 0.000000196. The van der Waals surface area contributed by atoms with Crippen molar-refractivity contribution < 1.29 is 26.4 Å². The number of sulfonamides is 2. The minimum absolute atomic E-state index is 0.0330. The summed E-state index contributed by atoms with van der Waals surface area (Å²) in [6, 6.07) is 42.7. The van der Waals surface area contributed by atoms with E-state index in [1.807, 2.05) is 38.1 Å². The number of benzene rings is 6. The van der Waals surface area contributed by atoms with E-state index in [1.54, 1.807) is 84.9 Å². The van der Waals surface area contributed by atoms with Crippen LogP contribution in [0.5, 0.6) is 0 Å². The van der Waals surface area contributed by atoms with Gasteiger partial charge in [0.2, 0.25) is 10.0 Å². The van der Waals surface area contributed by atoms with Crippen LogP contribution in [0.4, 0.5) is 0 Å². The lowest BCUT2D eigenvalue weighted by molar-refractivity contribution is 0.0906. The van der Waals surface area contributed by atoms with Crippen molar-refractivity contribution >= 4 is 54.8 Å². The van der Waals surface area contributed by atoms with Gasteiger partial charge in [0, 0.05) is 21.2 Å². The normalized spacial score (nSPS) is 18.5. The molecule has 66 heavy (non-hydrogen) atoms. The molecule has 4 unspecified atom stereocenters. The zero-order chi connectivity index (χ0) is 47.5. The van der Waals surface area contributed by atoms with Crippen molar-refractivity contribution in [3.05, 3.63) is 224 Å². The van der Waals surface area contributed by atoms with E-state index >= 15 is 0 Å².